The van der Waals surface area contributed by atoms with Crippen molar-refractivity contribution < 1.29 is 9.47 Å². The number of hydrogen-bond acceptors (Lipinski definition) is 4. The van der Waals surface area contributed by atoms with Gasteiger partial charge in [-0.1, -0.05) is 19.1 Å². The Bertz CT molecular complexity index is 396. The second kappa shape index (κ2) is 7.36. The Morgan fingerprint density at radius 2 is 2.11 bits per heavy atom. The molecule has 0 atom stereocenters. The number of ether oxygens (including phenoxy) is 2. The van der Waals surface area contributed by atoms with E-state index in [0.29, 0.717) is 0 Å². The minimum Gasteiger partial charge on any atom is -0.490 e. The summed E-state index contributed by atoms with van der Waals surface area (Å²) in [5, 5.41) is 3.46. The van der Waals surface area contributed by atoms with Crippen LogP contribution in [0.1, 0.15) is 18.9 Å². The average Bonchev–Trinajstić information content (AvgIpc) is 2.69. The lowest BCUT2D eigenvalue weighted by Gasteiger charge is -2.15. The van der Waals surface area contributed by atoms with Crippen molar-refractivity contribution in [3.05, 3.63) is 23.8 Å². The largest absolute Gasteiger partial charge is 0.490 e. The van der Waals surface area contributed by atoms with Crippen LogP contribution in [0.15, 0.2) is 18.2 Å². The Hall–Kier alpha value is -1.26. The summed E-state index contributed by atoms with van der Waals surface area (Å²) >= 11 is 0. The molecular weight excluding hydrogens is 240 g/mol. The molecule has 0 amide bonds. The van der Waals surface area contributed by atoms with Gasteiger partial charge in [0, 0.05) is 31.6 Å². The number of rotatable bonds is 6. The van der Waals surface area contributed by atoms with Gasteiger partial charge in [-0.25, -0.2) is 0 Å². The van der Waals surface area contributed by atoms with Crippen molar-refractivity contribution in [3.63, 3.8) is 0 Å². The standard InChI is InChI=1S/C15H24N2O2/c1-3-17(2)9-8-16-12-13-6-4-7-14-15(13)19-11-5-10-18-14/h4,6-7,16H,3,5,8-12H2,1-2H3. The Morgan fingerprint density at radius 1 is 1.26 bits per heavy atom. The highest BCUT2D eigenvalue weighted by atomic mass is 16.5. The molecule has 1 aromatic rings. The summed E-state index contributed by atoms with van der Waals surface area (Å²) in [7, 11) is 2.13. The van der Waals surface area contributed by atoms with E-state index in [0.717, 1.165) is 57.3 Å². The van der Waals surface area contributed by atoms with Gasteiger partial charge >= 0.3 is 0 Å². The van der Waals surface area contributed by atoms with Gasteiger partial charge in [0.15, 0.2) is 11.5 Å². The molecule has 0 bridgehead atoms. The summed E-state index contributed by atoms with van der Waals surface area (Å²) in [5.41, 5.74) is 1.18. The SMILES string of the molecule is CCN(C)CCNCc1cccc2c1OCCCO2. The van der Waals surface area contributed by atoms with Crippen LogP contribution >= 0.6 is 0 Å². The van der Waals surface area contributed by atoms with Gasteiger partial charge in [-0.3, -0.25) is 0 Å². The van der Waals surface area contributed by atoms with E-state index < -0.39 is 0 Å². The first-order chi connectivity index (χ1) is 9.31. The normalized spacial score (nSPS) is 14.5. The average molecular weight is 264 g/mol. The first kappa shape index (κ1) is 14.2. The Labute approximate surface area is 115 Å². The lowest BCUT2D eigenvalue weighted by Crippen LogP contribution is -2.28. The highest BCUT2D eigenvalue weighted by molar-refractivity contribution is 5.46. The number of hydrogen-bond donors (Lipinski definition) is 1. The van der Waals surface area contributed by atoms with Gasteiger partial charge < -0.3 is 19.7 Å². The van der Waals surface area contributed by atoms with Gasteiger partial charge in [0.25, 0.3) is 0 Å². The van der Waals surface area contributed by atoms with Crippen LogP contribution in [0.4, 0.5) is 0 Å². The third-order valence-electron chi connectivity index (χ3n) is 3.38. The number of para-hydroxylation sites is 1. The van der Waals surface area contributed by atoms with Gasteiger partial charge in [-0.2, -0.15) is 0 Å². The number of benzene rings is 1. The summed E-state index contributed by atoms with van der Waals surface area (Å²) in [4.78, 5) is 2.29. The maximum atomic E-state index is 5.80. The van der Waals surface area contributed by atoms with E-state index in [4.69, 9.17) is 9.47 Å². The van der Waals surface area contributed by atoms with E-state index in [-0.39, 0.29) is 0 Å². The van der Waals surface area contributed by atoms with Crippen LogP contribution in [0, 0.1) is 0 Å². The van der Waals surface area contributed by atoms with Crippen LogP contribution in [0.5, 0.6) is 11.5 Å². The Morgan fingerprint density at radius 3 is 2.95 bits per heavy atom. The fourth-order valence-corrected chi connectivity index (χ4v) is 2.04. The van der Waals surface area contributed by atoms with Gasteiger partial charge in [0.2, 0.25) is 0 Å². The van der Waals surface area contributed by atoms with Gasteiger partial charge in [0.1, 0.15) is 0 Å². The quantitative estimate of drug-likeness (QED) is 0.796. The molecule has 4 nitrogen and oxygen atoms in total. The van der Waals surface area contributed by atoms with Gasteiger partial charge in [-0.05, 0) is 19.7 Å². The first-order valence-electron chi connectivity index (χ1n) is 7.08. The van der Waals surface area contributed by atoms with Crippen molar-refractivity contribution in [2.24, 2.45) is 0 Å². The summed E-state index contributed by atoms with van der Waals surface area (Å²) in [6, 6.07) is 6.11. The van der Waals surface area contributed by atoms with Crippen LogP contribution in [-0.2, 0) is 6.54 Å². The molecule has 1 N–H and O–H groups in total. The number of likely N-dealkylation sites (N-methyl/N-ethyl adjacent to an activating group) is 1. The van der Waals surface area contributed by atoms with E-state index in [1.54, 1.807) is 0 Å². The molecule has 1 aliphatic heterocycles. The monoisotopic (exact) mass is 264 g/mol. The topological polar surface area (TPSA) is 33.7 Å². The zero-order valence-corrected chi connectivity index (χ0v) is 11.9. The zero-order valence-electron chi connectivity index (χ0n) is 11.9. The Kier molecular flexibility index (Phi) is 5.48. The molecule has 1 aliphatic rings. The van der Waals surface area contributed by atoms with Crippen LogP contribution in [0.25, 0.3) is 0 Å². The molecule has 0 fully saturated rings. The maximum absolute atomic E-state index is 5.80. The highest BCUT2D eigenvalue weighted by Gasteiger charge is 2.13. The van der Waals surface area contributed by atoms with Crippen LogP contribution in [0.3, 0.4) is 0 Å². The minimum absolute atomic E-state index is 0.739. The van der Waals surface area contributed by atoms with E-state index in [1.165, 1.54) is 5.56 Å². The van der Waals surface area contributed by atoms with Gasteiger partial charge in [0.05, 0.1) is 13.2 Å². The van der Waals surface area contributed by atoms with Crippen molar-refractivity contribution in [3.8, 4) is 11.5 Å². The lowest BCUT2D eigenvalue weighted by molar-refractivity contribution is 0.295. The van der Waals surface area contributed by atoms with Gasteiger partial charge in [-0.15, -0.1) is 0 Å². The summed E-state index contributed by atoms with van der Waals surface area (Å²) in [6.45, 7) is 7.59. The molecule has 0 aliphatic carbocycles. The third-order valence-corrected chi connectivity index (χ3v) is 3.38. The number of nitrogens with one attached hydrogen (secondary N) is 1. The molecule has 19 heavy (non-hydrogen) atoms. The van der Waals surface area contributed by atoms with Crippen LogP contribution in [-0.4, -0.2) is 44.8 Å². The lowest BCUT2D eigenvalue weighted by atomic mass is 10.2. The molecule has 0 spiro atoms. The second-order valence-corrected chi connectivity index (χ2v) is 4.87. The van der Waals surface area contributed by atoms with Crippen molar-refractivity contribution in [2.75, 3.05) is 39.9 Å². The second-order valence-electron chi connectivity index (χ2n) is 4.87. The fraction of sp³-hybridized carbons (Fsp3) is 0.600. The molecule has 0 radical (unpaired) electrons. The molecule has 0 saturated carbocycles. The smallest absolute Gasteiger partial charge is 0.165 e. The van der Waals surface area contributed by atoms with Crippen molar-refractivity contribution >= 4 is 0 Å². The van der Waals surface area contributed by atoms with Crippen molar-refractivity contribution in [2.45, 2.75) is 19.9 Å². The van der Waals surface area contributed by atoms with Crippen molar-refractivity contribution in [1.29, 1.82) is 0 Å². The zero-order chi connectivity index (χ0) is 13.5. The predicted octanol–water partition coefficient (Wildman–Crippen LogP) is 1.89. The summed E-state index contributed by atoms with van der Waals surface area (Å²) in [6.07, 6.45) is 0.947. The Balaban J connectivity index is 1.89. The van der Waals surface area contributed by atoms with E-state index >= 15 is 0 Å². The molecule has 0 saturated heterocycles. The molecule has 1 aromatic carbocycles. The molecule has 0 aromatic heterocycles. The third kappa shape index (κ3) is 4.11. The molecule has 2 rings (SSSR count). The van der Waals surface area contributed by atoms with E-state index in [2.05, 4.69) is 30.3 Å². The first-order valence-corrected chi connectivity index (χ1v) is 7.08. The molecular formula is C15H24N2O2. The maximum Gasteiger partial charge on any atom is 0.165 e. The number of nitrogens with zero attached hydrogens (tertiary/aromatic N) is 1. The predicted molar refractivity (Wildman–Crippen MR) is 76.9 cm³/mol. The summed E-state index contributed by atoms with van der Waals surface area (Å²) in [5.74, 6) is 1.79. The fourth-order valence-electron chi connectivity index (χ4n) is 2.04. The van der Waals surface area contributed by atoms with Crippen molar-refractivity contribution in [1.82, 2.24) is 10.2 Å². The molecule has 106 valence electrons. The molecule has 0 unspecified atom stereocenters. The molecule has 1 heterocycles. The van der Waals surface area contributed by atoms with E-state index in [9.17, 15) is 0 Å². The highest BCUT2D eigenvalue weighted by Crippen LogP contribution is 2.32. The molecule has 4 heteroatoms. The van der Waals surface area contributed by atoms with Crippen LogP contribution in [0.2, 0.25) is 0 Å². The summed E-state index contributed by atoms with van der Waals surface area (Å²) < 4.78 is 11.5. The van der Waals surface area contributed by atoms with Crippen LogP contribution < -0.4 is 14.8 Å². The van der Waals surface area contributed by atoms with E-state index in [1.807, 2.05) is 12.1 Å². The minimum atomic E-state index is 0.739. The number of fused-ring (bicyclic) bond motifs is 1.